The van der Waals surface area contributed by atoms with Crippen LogP contribution in [-0.2, 0) is 13.5 Å². The molecule has 3 aromatic heterocycles. The molecule has 3 heterocycles. The lowest BCUT2D eigenvalue weighted by Gasteiger charge is -2.09. The molecule has 6 heteroatoms. The van der Waals surface area contributed by atoms with Crippen molar-refractivity contribution in [3.63, 3.8) is 0 Å². The predicted octanol–water partition coefficient (Wildman–Crippen LogP) is 4.23. The summed E-state index contributed by atoms with van der Waals surface area (Å²) in [5.41, 5.74) is 1.99. The Kier molecular flexibility index (Phi) is 4.68. The van der Waals surface area contributed by atoms with Crippen molar-refractivity contribution in [3.8, 4) is 5.88 Å². The molecular weight excluding hydrogens is 338 g/mol. The van der Waals surface area contributed by atoms with Crippen molar-refractivity contribution in [2.45, 2.75) is 26.2 Å². The molecule has 0 unspecified atom stereocenters. The lowest BCUT2D eigenvalue weighted by molar-refractivity contribution is 0.483. The van der Waals surface area contributed by atoms with E-state index in [2.05, 4.69) is 11.9 Å². The molecule has 130 valence electrons. The molecule has 0 N–H and O–H groups in total. The molecule has 0 amide bonds. The van der Waals surface area contributed by atoms with Crippen LogP contribution in [0.2, 0.25) is 0 Å². The average molecular weight is 358 g/mol. The number of nitrogens with zero attached hydrogens (tertiary/aromatic N) is 3. The first kappa shape index (κ1) is 17.3. The van der Waals surface area contributed by atoms with E-state index in [1.54, 1.807) is 10.9 Å². The molecule has 0 atom stereocenters. The van der Waals surface area contributed by atoms with Gasteiger partial charge in [0.05, 0.1) is 17.4 Å². The molecule has 0 fully saturated rings. The highest BCUT2D eigenvalue weighted by atomic mass is 35.5. The van der Waals surface area contributed by atoms with Crippen LogP contribution < -0.4 is 5.56 Å². The third kappa shape index (κ3) is 2.74. The molecule has 0 radical (unpaired) electrons. The largest absolute Gasteiger partial charge is 0.445 e. The minimum absolute atomic E-state index is 0. The van der Waals surface area contributed by atoms with Gasteiger partial charge in [-0.2, -0.15) is 0 Å². The van der Waals surface area contributed by atoms with E-state index in [4.69, 9.17) is 4.42 Å². The third-order valence-corrected chi connectivity index (χ3v) is 4.39. The number of fused-ring (bicyclic) bond motifs is 3. The number of para-hydroxylation sites is 1. The van der Waals surface area contributed by atoms with Crippen LogP contribution in [0.1, 0.15) is 25.5 Å². The first-order valence-corrected chi connectivity index (χ1v) is 8.24. The Labute approximate surface area is 151 Å². The number of benzene rings is 1. The molecule has 0 saturated heterocycles. The number of hydrogen-bond acceptors (Lipinski definition) is 3. The van der Waals surface area contributed by atoms with E-state index in [1.807, 2.05) is 48.0 Å². The standard InChI is InChI=1S/C19H19N3O2.ClH/c1-3-4-7-13-10-11-16(24-13)22-15-9-6-5-8-14(15)18-17(19(22)23)20-12-21(18)2;/h5-6,8-12H,3-4,7H2,1-2H3;1H. The molecule has 0 bridgehead atoms. The van der Waals surface area contributed by atoms with Crippen molar-refractivity contribution in [3.05, 3.63) is 58.8 Å². The van der Waals surface area contributed by atoms with Crippen molar-refractivity contribution >= 4 is 34.3 Å². The predicted molar refractivity (Wildman–Crippen MR) is 102 cm³/mol. The van der Waals surface area contributed by atoms with Gasteiger partial charge in [0.15, 0.2) is 5.52 Å². The van der Waals surface area contributed by atoms with Crippen molar-refractivity contribution < 1.29 is 4.42 Å². The van der Waals surface area contributed by atoms with Gasteiger partial charge in [-0.3, -0.25) is 4.79 Å². The Morgan fingerprint density at radius 2 is 1.96 bits per heavy atom. The second kappa shape index (κ2) is 6.76. The van der Waals surface area contributed by atoms with Gasteiger partial charge in [-0.15, -0.1) is 12.4 Å². The number of aromatic nitrogens is 3. The molecule has 0 aliphatic rings. The highest BCUT2D eigenvalue weighted by Crippen LogP contribution is 2.25. The van der Waals surface area contributed by atoms with Crippen LogP contribution in [0, 0.1) is 0 Å². The molecule has 1 aromatic carbocycles. The quantitative estimate of drug-likeness (QED) is 0.549. The molecule has 0 aliphatic heterocycles. The van der Waals surface area contributed by atoms with Crippen LogP contribution in [0.5, 0.6) is 0 Å². The summed E-state index contributed by atoms with van der Waals surface area (Å²) in [7, 11) is 1.90. The summed E-state index contributed by atoms with van der Waals surface area (Å²) in [6.07, 6.45) is 4.74. The Balaban J connectivity index is 0.00000182. The summed E-state index contributed by atoms with van der Waals surface area (Å²) in [4.78, 5) is 17.3. The number of halogens is 1. The fourth-order valence-corrected chi connectivity index (χ4v) is 3.18. The number of pyridine rings is 1. The molecule has 0 aliphatic carbocycles. The maximum atomic E-state index is 13.0. The Morgan fingerprint density at radius 3 is 2.76 bits per heavy atom. The number of aryl methyl sites for hydroxylation is 2. The summed E-state index contributed by atoms with van der Waals surface area (Å²) >= 11 is 0. The smallest absolute Gasteiger partial charge is 0.286 e. The summed E-state index contributed by atoms with van der Waals surface area (Å²) in [6.45, 7) is 2.15. The molecule has 4 rings (SSSR count). The van der Waals surface area contributed by atoms with E-state index >= 15 is 0 Å². The number of imidazole rings is 1. The monoisotopic (exact) mass is 357 g/mol. The van der Waals surface area contributed by atoms with Crippen LogP contribution in [-0.4, -0.2) is 14.1 Å². The summed E-state index contributed by atoms with van der Waals surface area (Å²) in [5, 5.41) is 0.985. The first-order chi connectivity index (χ1) is 11.7. The van der Waals surface area contributed by atoms with Gasteiger partial charge in [0.2, 0.25) is 5.88 Å². The summed E-state index contributed by atoms with van der Waals surface area (Å²) in [5.74, 6) is 1.46. The Bertz CT molecular complexity index is 1090. The highest BCUT2D eigenvalue weighted by molar-refractivity contribution is 6.02. The molecule has 25 heavy (non-hydrogen) atoms. The summed E-state index contributed by atoms with van der Waals surface area (Å²) in [6, 6.07) is 11.7. The molecular formula is C19H20ClN3O2. The van der Waals surface area contributed by atoms with Crippen LogP contribution in [0.15, 0.2) is 51.9 Å². The van der Waals surface area contributed by atoms with Gasteiger partial charge in [0.1, 0.15) is 5.76 Å². The molecule has 5 nitrogen and oxygen atoms in total. The topological polar surface area (TPSA) is 53.0 Å². The number of hydrogen-bond donors (Lipinski definition) is 0. The van der Waals surface area contributed by atoms with Crippen molar-refractivity contribution in [2.75, 3.05) is 0 Å². The van der Waals surface area contributed by atoms with E-state index in [0.717, 1.165) is 41.4 Å². The van der Waals surface area contributed by atoms with Gasteiger partial charge in [0.25, 0.3) is 5.56 Å². The zero-order chi connectivity index (χ0) is 16.7. The Morgan fingerprint density at radius 1 is 1.16 bits per heavy atom. The zero-order valence-corrected chi connectivity index (χ0v) is 15.0. The lowest BCUT2D eigenvalue weighted by atomic mass is 10.2. The van der Waals surface area contributed by atoms with Gasteiger partial charge in [-0.1, -0.05) is 31.5 Å². The SMILES string of the molecule is CCCCc1ccc(-n2c(=O)c3ncn(C)c3c3ccccc32)o1.Cl. The minimum atomic E-state index is -0.152. The van der Waals surface area contributed by atoms with Gasteiger partial charge in [-0.05, 0) is 18.6 Å². The first-order valence-electron chi connectivity index (χ1n) is 8.24. The normalized spacial score (nSPS) is 11.1. The van der Waals surface area contributed by atoms with E-state index in [9.17, 15) is 4.79 Å². The summed E-state index contributed by atoms with van der Waals surface area (Å²) < 4.78 is 9.46. The maximum Gasteiger partial charge on any atom is 0.286 e. The zero-order valence-electron chi connectivity index (χ0n) is 14.2. The molecule has 0 spiro atoms. The van der Waals surface area contributed by atoms with Crippen molar-refractivity contribution in [1.82, 2.24) is 14.1 Å². The third-order valence-electron chi connectivity index (χ3n) is 4.39. The number of rotatable bonds is 4. The number of unbranched alkanes of at least 4 members (excludes halogenated alkanes) is 1. The second-order valence-electron chi connectivity index (χ2n) is 6.05. The Hall–Kier alpha value is -2.53. The van der Waals surface area contributed by atoms with Crippen LogP contribution in [0.3, 0.4) is 0 Å². The minimum Gasteiger partial charge on any atom is -0.445 e. The van der Waals surface area contributed by atoms with Crippen molar-refractivity contribution in [1.29, 1.82) is 0 Å². The molecule has 4 aromatic rings. The molecule has 0 saturated carbocycles. The highest BCUT2D eigenvalue weighted by Gasteiger charge is 2.17. The second-order valence-corrected chi connectivity index (χ2v) is 6.05. The van der Waals surface area contributed by atoms with Crippen LogP contribution in [0.25, 0.3) is 27.8 Å². The lowest BCUT2D eigenvalue weighted by Crippen LogP contribution is -2.19. The van der Waals surface area contributed by atoms with Gasteiger partial charge >= 0.3 is 0 Å². The van der Waals surface area contributed by atoms with Gasteiger partial charge in [-0.25, -0.2) is 9.55 Å². The van der Waals surface area contributed by atoms with Crippen LogP contribution in [0.4, 0.5) is 0 Å². The van der Waals surface area contributed by atoms with E-state index in [1.165, 1.54) is 0 Å². The maximum absolute atomic E-state index is 13.0. The van der Waals surface area contributed by atoms with Gasteiger partial charge < -0.3 is 8.98 Å². The number of furan rings is 1. The fourth-order valence-electron chi connectivity index (χ4n) is 3.18. The van der Waals surface area contributed by atoms with E-state index in [-0.39, 0.29) is 18.0 Å². The van der Waals surface area contributed by atoms with Gasteiger partial charge in [0, 0.05) is 24.9 Å². The average Bonchev–Trinajstić information content (AvgIpc) is 3.21. The van der Waals surface area contributed by atoms with Crippen molar-refractivity contribution in [2.24, 2.45) is 7.05 Å². The van der Waals surface area contributed by atoms with E-state index in [0.29, 0.717) is 11.4 Å². The van der Waals surface area contributed by atoms with E-state index < -0.39 is 0 Å². The van der Waals surface area contributed by atoms with Crippen LogP contribution >= 0.6 is 12.4 Å². The fraction of sp³-hybridized carbons (Fsp3) is 0.263.